The number of carboxylic acids is 1. The van der Waals surface area contributed by atoms with E-state index in [9.17, 15) is 4.79 Å². The fraction of sp³-hybridized carbons (Fsp3) is 0.667. The summed E-state index contributed by atoms with van der Waals surface area (Å²) in [6, 6.07) is 0.243. The highest BCUT2D eigenvalue weighted by Gasteiger charge is 2.23. The average Bonchev–Trinajstić information content (AvgIpc) is 2.71. The van der Waals surface area contributed by atoms with Crippen molar-refractivity contribution >= 4 is 17.3 Å². The summed E-state index contributed by atoms with van der Waals surface area (Å²) >= 11 is 1.32. The van der Waals surface area contributed by atoms with Crippen molar-refractivity contribution in [3.05, 3.63) is 15.6 Å². The lowest BCUT2D eigenvalue weighted by Gasteiger charge is -2.31. The van der Waals surface area contributed by atoms with Crippen molar-refractivity contribution in [1.29, 1.82) is 0 Å². The normalized spacial score (nSPS) is 19.2. The molecule has 2 heterocycles. The van der Waals surface area contributed by atoms with Crippen LogP contribution in [0, 0.1) is 6.92 Å². The van der Waals surface area contributed by atoms with Crippen LogP contribution in [0.4, 0.5) is 0 Å². The van der Waals surface area contributed by atoms with Gasteiger partial charge in [-0.1, -0.05) is 6.42 Å². The summed E-state index contributed by atoms with van der Waals surface area (Å²) in [5.41, 5.74) is 0.640. The number of nitrogens with zero attached hydrogens (tertiary/aromatic N) is 2. The van der Waals surface area contributed by atoms with E-state index in [0.717, 1.165) is 18.1 Å². The van der Waals surface area contributed by atoms with Gasteiger partial charge in [-0.25, -0.2) is 9.78 Å². The van der Waals surface area contributed by atoms with Crippen molar-refractivity contribution in [2.75, 3.05) is 13.1 Å². The summed E-state index contributed by atoms with van der Waals surface area (Å²) < 4.78 is 0. The first-order chi connectivity index (χ1) is 8.09. The second-order valence-electron chi connectivity index (χ2n) is 4.54. The molecule has 94 valence electrons. The fourth-order valence-electron chi connectivity index (χ4n) is 2.26. The van der Waals surface area contributed by atoms with Crippen LogP contribution in [0.2, 0.25) is 0 Å². The van der Waals surface area contributed by atoms with Gasteiger partial charge >= 0.3 is 5.97 Å². The van der Waals surface area contributed by atoms with Gasteiger partial charge in [-0.2, -0.15) is 0 Å². The summed E-state index contributed by atoms with van der Waals surface area (Å²) in [7, 11) is 0. The third-order valence-corrected chi connectivity index (χ3v) is 4.62. The molecule has 1 aromatic heterocycles. The molecule has 1 atom stereocenters. The third kappa shape index (κ3) is 2.66. The largest absolute Gasteiger partial charge is 0.477 e. The van der Waals surface area contributed by atoms with Gasteiger partial charge in [0.25, 0.3) is 0 Å². The van der Waals surface area contributed by atoms with Gasteiger partial charge in [-0.05, 0) is 39.8 Å². The Morgan fingerprint density at radius 3 is 2.59 bits per heavy atom. The zero-order valence-corrected chi connectivity index (χ0v) is 11.1. The molecule has 0 radical (unpaired) electrons. The van der Waals surface area contributed by atoms with Crippen LogP contribution in [-0.4, -0.2) is 34.0 Å². The SMILES string of the molecule is Cc1nc(C(C)N2CCCCC2)sc1C(=O)O. The minimum Gasteiger partial charge on any atom is -0.477 e. The first-order valence-electron chi connectivity index (χ1n) is 6.04. The minimum atomic E-state index is -0.864. The number of aryl methyl sites for hydroxylation is 1. The lowest BCUT2D eigenvalue weighted by molar-refractivity contribution is 0.0701. The number of hydrogen-bond donors (Lipinski definition) is 1. The Morgan fingerprint density at radius 1 is 1.41 bits per heavy atom. The highest BCUT2D eigenvalue weighted by atomic mass is 32.1. The van der Waals surface area contributed by atoms with E-state index in [2.05, 4.69) is 16.8 Å². The number of carbonyl (C=O) groups is 1. The number of aromatic carboxylic acids is 1. The summed E-state index contributed by atoms with van der Waals surface area (Å²) in [6.07, 6.45) is 3.78. The van der Waals surface area contributed by atoms with Crippen LogP contribution < -0.4 is 0 Å². The maximum Gasteiger partial charge on any atom is 0.347 e. The second kappa shape index (κ2) is 5.14. The van der Waals surface area contributed by atoms with E-state index in [4.69, 9.17) is 5.11 Å². The molecule has 0 aromatic carbocycles. The molecule has 1 aromatic rings. The van der Waals surface area contributed by atoms with Crippen molar-refractivity contribution in [3.63, 3.8) is 0 Å². The molecular weight excluding hydrogens is 236 g/mol. The van der Waals surface area contributed by atoms with Crippen molar-refractivity contribution in [1.82, 2.24) is 9.88 Å². The molecule has 0 spiro atoms. The third-order valence-electron chi connectivity index (χ3n) is 3.30. The van der Waals surface area contributed by atoms with Gasteiger partial charge < -0.3 is 5.11 Å². The quantitative estimate of drug-likeness (QED) is 0.901. The molecule has 1 saturated heterocycles. The molecule has 17 heavy (non-hydrogen) atoms. The van der Waals surface area contributed by atoms with E-state index in [1.54, 1.807) is 6.92 Å². The highest BCUT2D eigenvalue weighted by molar-refractivity contribution is 7.13. The molecule has 0 bridgehead atoms. The zero-order valence-electron chi connectivity index (χ0n) is 10.3. The van der Waals surface area contributed by atoms with Gasteiger partial charge in [0.1, 0.15) is 9.88 Å². The van der Waals surface area contributed by atoms with E-state index in [1.807, 2.05) is 0 Å². The number of rotatable bonds is 3. The van der Waals surface area contributed by atoms with Gasteiger partial charge in [0.15, 0.2) is 0 Å². The van der Waals surface area contributed by atoms with Crippen LogP contribution >= 0.6 is 11.3 Å². The standard InChI is InChI=1S/C12H18N2O2S/c1-8-10(12(15)16)17-11(13-8)9(2)14-6-4-3-5-7-14/h9H,3-7H2,1-2H3,(H,15,16). The molecule has 0 aliphatic carbocycles. The van der Waals surface area contributed by atoms with Crippen molar-refractivity contribution < 1.29 is 9.90 Å². The van der Waals surface area contributed by atoms with E-state index >= 15 is 0 Å². The van der Waals surface area contributed by atoms with Crippen molar-refractivity contribution in [3.8, 4) is 0 Å². The molecule has 0 amide bonds. The number of aromatic nitrogens is 1. The smallest absolute Gasteiger partial charge is 0.347 e. The van der Waals surface area contributed by atoms with Crippen LogP contribution in [0.5, 0.6) is 0 Å². The maximum absolute atomic E-state index is 11.0. The summed E-state index contributed by atoms with van der Waals surface area (Å²) in [5, 5.41) is 9.96. The minimum absolute atomic E-state index is 0.243. The lowest BCUT2D eigenvalue weighted by atomic mass is 10.1. The van der Waals surface area contributed by atoms with Gasteiger partial charge in [0, 0.05) is 0 Å². The topological polar surface area (TPSA) is 53.4 Å². The molecule has 4 nitrogen and oxygen atoms in total. The van der Waals surface area contributed by atoms with Crippen LogP contribution in [0.25, 0.3) is 0 Å². The monoisotopic (exact) mass is 254 g/mol. The van der Waals surface area contributed by atoms with Crippen LogP contribution in [0.3, 0.4) is 0 Å². The van der Waals surface area contributed by atoms with E-state index in [1.165, 1.54) is 30.6 Å². The van der Waals surface area contributed by atoms with Crippen molar-refractivity contribution in [2.45, 2.75) is 39.2 Å². The van der Waals surface area contributed by atoms with Gasteiger partial charge in [-0.15, -0.1) is 11.3 Å². The highest BCUT2D eigenvalue weighted by Crippen LogP contribution is 2.29. The Kier molecular flexibility index (Phi) is 3.79. The molecule has 1 N–H and O–H groups in total. The first kappa shape index (κ1) is 12.5. The predicted molar refractivity (Wildman–Crippen MR) is 67.6 cm³/mol. The maximum atomic E-state index is 11.0. The van der Waals surface area contributed by atoms with Gasteiger partial charge in [-0.3, -0.25) is 4.90 Å². The molecule has 1 unspecified atom stereocenters. The molecule has 5 heteroatoms. The Balaban J connectivity index is 2.15. The average molecular weight is 254 g/mol. The van der Waals surface area contributed by atoms with Crippen molar-refractivity contribution in [2.24, 2.45) is 0 Å². The summed E-state index contributed by atoms with van der Waals surface area (Å²) in [5.74, 6) is -0.864. The number of piperidine rings is 1. The molecular formula is C12H18N2O2S. The summed E-state index contributed by atoms with van der Waals surface area (Å²) in [6.45, 7) is 6.09. The van der Waals surface area contributed by atoms with E-state index < -0.39 is 5.97 Å². The van der Waals surface area contributed by atoms with Crippen LogP contribution in [-0.2, 0) is 0 Å². The predicted octanol–water partition coefficient (Wildman–Crippen LogP) is 2.70. The molecule has 0 saturated carbocycles. The number of likely N-dealkylation sites (tertiary alicyclic amines) is 1. The Bertz CT molecular complexity index is 411. The zero-order chi connectivity index (χ0) is 12.4. The van der Waals surface area contributed by atoms with E-state index in [-0.39, 0.29) is 6.04 Å². The Labute approximate surface area is 105 Å². The second-order valence-corrected chi connectivity index (χ2v) is 5.58. The Hall–Kier alpha value is -0.940. The van der Waals surface area contributed by atoms with Gasteiger partial charge in [0.05, 0.1) is 11.7 Å². The van der Waals surface area contributed by atoms with Gasteiger partial charge in [0.2, 0.25) is 0 Å². The lowest BCUT2D eigenvalue weighted by Crippen LogP contribution is -2.32. The number of carboxylic acid groups (broad SMARTS) is 1. The van der Waals surface area contributed by atoms with Crippen LogP contribution in [0.15, 0.2) is 0 Å². The fourth-order valence-corrected chi connectivity index (χ4v) is 3.25. The van der Waals surface area contributed by atoms with Crippen LogP contribution in [0.1, 0.15) is 52.6 Å². The summed E-state index contributed by atoms with van der Waals surface area (Å²) in [4.78, 5) is 18.2. The first-order valence-corrected chi connectivity index (χ1v) is 6.86. The number of hydrogen-bond acceptors (Lipinski definition) is 4. The Morgan fingerprint density at radius 2 is 2.06 bits per heavy atom. The molecule has 1 fully saturated rings. The molecule has 2 rings (SSSR count). The number of thiazole rings is 1. The molecule has 1 aliphatic heterocycles. The van der Waals surface area contributed by atoms with E-state index in [0.29, 0.717) is 10.6 Å². The molecule has 1 aliphatic rings.